The van der Waals surface area contributed by atoms with Crippen LogP contribution in [0.1, 0.15) is 57.6 Å². The minimum atomic E-state index is 0.696. The van der Waals surface area contributed by atoms with E-state index in [-0.39, 0.29) is 0 Å². The number of benzene rings is 1. The second-order valence-electron chi connectivity index (χ2n) is 4.00. The molecule has 1 N–H and O–H groups in total. The van der Waals surface area contributed by atoms with Crippen LogP contribution >= 0.6 is 11.6 Å². The average molecular weight is 267 g/mol. The van der Waals surface area contributed by atoms with Crippen molar-refractivity contribution in [2.75, 3.05) is 0 Å². The maximum atomic E-state index is 6.25. The van der Waals surface area contributed by atoms with Crippen LogP contribution in [-0.2, 0) is 0 Å². The van der Waals surface area contributed by atoms with Crippen LogP contribution in [0, 0.1) is 6.92 Å². The van der Waals surface area contributed by atoms with E-state index in [4.69, 9.17) is 11.6 Å². The summed E-state index contributed by atoms with van der Waals surface area (Å²) < 4.78 is 0. The number of aryl methyl sites for hydroxylation is 1. The molecular weight excluding hydrogens is 244 g/mol. The number of nitrogens with one attached hydrogen (secondary N) is 1. The molecule has 1 aromatic carbocycles. The monoisotopic (exact) mass is 266 g/mol. The van der Waals surface area contributed by atoms with Gasteiger partial charge in [-0.3, -0.25) is 5.10 Å². The van der Waals surface area contributed by atoms with Gasteiger partial charge in [-0.2, -0.15) is 5.10 Å². The molecule has 0 amide bonds. The van der Waals surface area contributed by atoms with E-state index >= 15 is 0 Å². The normalized spacial score (nSPS) is 13.4. The minimum Gasteiger partial charge on any atom is -0.278 e. The lowest BCUT2D eigenvalue weighted by atomic mass is 10.0. The number of rotatable bonds is 1. The molecule has 1 fully saturated rings. The molecular formula is C15H23ClN2. The molecule has 2 aromatic rings. The van der Waals surface area contributed by atoms with E-state index < -0.39 is 0 Å². The molecule has 18 heavy (non-hydrogen) atoms. The predicted molar refractivity (Wildman–Crippen MR) is 80.5 cm³/mol. The number of nitrogens with zero attached hydrogens (tertiary/aromatic N) is 1. The molecule has 3 heteroatoms. The summed E-state index contributed by atoms with van der Waals surface area (Å²) in [6, 6.07) is 1.99. The van der Waals surface area contributed by atoms with Crippen LogP contribution in [0.25, 0.3) is 10.9 Å². The minimum absolute atomic E-state index is 0.696. The van der Waals surface area contributed by atoms with Crippen molar-refractivity contribution in [2.24, 2.45) is 0 Å². The number of fused-ring (bicyclic) bond motifs is 1. The topological polar surface area (TPSA) is 28.7 Å². The molecule has 3 rings (SSSR count). The number of hydrogen-bond donors (Lipinski definition) is 1. The highest BCUT2D eigenvalue weighted by Crippen LogP contribution is 2.46. The van der Waals surface area contributed by atoms with Crippen LogP contribution < -0.4 is 0 Å². The molecule has 0 bridgehead atoms. The van der Waals surface area contributed by atoms with Gasteiger partial charge in [-0.25, -0.2) is 0 Å². The highest BCUT2D eigenvalue weighted by atomic mass is 35.5. The molecule has 0 radical (unpaired) electrons. The zero-order valence-corrected chi connectivity index (χ0v) is 12.7. The summed E-state index contributed by atoms with van der Waals surface area (Å²) in [6.07, 6.45) is 4.45. The lowest BCUT2D eigenvalue weighted by Gasteiger charge is -2.07. The van der Waals surface area contributed by atoms with Gasteiger partial charge in [-0.05, 0) is 42.9 Å². The fraction of sp³-hybridized carbons (Fsp3) is 0.533. The predicted octanol–water partition coefficient (Wildman–Crippen LogP) is 5.45. The smallest absolute Gasteiger partial charge is 0.0668 e. The second kappa shape index (κ2) is 6.79. The number of halogens is 1. The molecule has 1 saturated carbocycles. The largest absolute Gasteiger partial charge is 0.278 e. The van der Waals surface area contributed by atoms with Crippen LogP contribution in [0.4, 0.5) is 0 Å². The Morgan fingerprint density at radius 1 is 1.22 bits per heavy atom. The third kappa shape index (κ3) is 2.86. The van der Waals surface area contributed by atoms with E-state index in [2.05, 4.69) is 17.1 Å². The zero-order valence-electron chi connectivity index (χ0n) is 12.0. The lowest BCUT2D eigenvalue weighted by molar-refractivity contribution is 1.11. The van der Waals surface area contributed by atoms with Crippen molar-refractivity contribution in [1.82, 2.24) is 10.2 Å². The molecule has 2 nitrogen and oxygen atoms in total. The van der Waals surface area contributed by atoms with Crippen molar-refractivity contribution in [3.8, 4) is 0 Å². The summed E-state index contributed by atoms with van der Waals surface area (Å²) >= 11 is 6.25. The van der Waals surface area contributed by atoms with Gasteiger partial charge in [0.05, 0.1) is 11.7 Å². The molecule has 0 unspecified atom stereocenters. The third-order valence-electron chi connectivity index (χ3n) is 2.99. The van der Waals surface area contributed by atoms with E-state index in [9.17, 15) is 0 Å². The Labute approximate surface area is 115 Å². The average Bonchev–Trinajstić information content (AvgIpc) is 3.12. The fourth-order valence-corrected chi connectivity index (χ4v) is 2.51. The second-order valence-corrected chi connectivity index (χ2v) is 4.41. The van der Waals surface area contributed by atoms with Crippen molar-refractivity contribution < 1.29 is 0 Å². The molecule has 0 spiro atoms. The Morgan fingerprint density at radius 3 is 2.39 bits per heavy atom. The quantitative estimate of drug-likeness (QED) is 0.730. The Morgan fingerprint density at radius 2 is 1.83 bits per heavy atom. The van der Waals surface area contributed by atoms with E-state index in [1.54, 1.807) is 0 Å². The first-order valence-electron chi connectivity index (χ1n) is 6.89. The van der Waals surface area contributed by atoms with Gasteiger partial charge in [0.2, 0.25) is 0 Å². The Balaban J connectivity index is 0.000000371. The van der Waals surface area contributed by atoms with E-state index in [1.165, 1.54) is 29.4 Å². The summed E-state index contributed by atoms with van der Waals surface area (Å²) in [5, 5.41) is 9.09. The molecule has 0 aliphatic heterocycles. The number of aromatic nitrogens is 2. The van der Waals surface area contributed by atoms with Crippen molar-refractivity contribution in [3.05, 3.63) is 28.4 Å². The van der Waals surface area contributed by atoms with Crippen LogP contribution in [0.15, 0.2) is 12.3 Å². The summed E-state index contributed by atoms with van der Waals surface area (Å²) in [4.78, 5) is 0. The molecule has 0 saturated heterocycles. The lowest BCUT2D eigenvalue weighted by Crippen LogP contribution is -1.88. The van der Waals surface area contributed by atoms with Gasteiger partial charge in [0, 0.05) is 10.4 Å². The van der Waals surface area contributed by atoms with Crippen LogP contribution in [-0.4, -0.2) is 10.2 Å². The van der Waals surface area contributed by atoms with Gasteiger partial charge < -0.3 is 0 Å². The molecule has 1 aromatic heterocycles. The zero-order chi connectivity index (χ0) is 13.7. The summed E-state index contributed by atoms with van der Waals surface area (Å²) in [6.45, 7) is 10.1. The Hall–Kier alpha value is -1.02. The van der Waals surface area contributed by atoms with Crippen LogP contribution in [0.3, 0.4) is 0 Å². The number of hydrogen-bond acceptors (Lipinski definition) is 1. The van der Waals surface area contributed by atoms with Gasteiger partial charge in [0.1, 0.15) is 0 Å². The van der Waals surface area contributed by atoms with Gasteiger partial charge in [0.15, 0.2) is 0 Å². The van der Waals surface area contributed by atoms with E-state index in [0.29, 0.717) is 5.92 Å². The van der Waals surface area contributed by atoms with Gasteiger partial charge in [-0.1, -0.05) is 39.3 Å². The summed E-state index contributed by atoms with van der Waals surface area (Å²) in [5.74, 6) is 0.696. The first kappa shape index (κ1) is 15.0. The number of H-pyrrole nitrogens is 1. The van der Waals surface area contributed by atoms with Crippen molar-refractivity contribution in [1.29, 1.82) is 0 Å². The van der Waals surface area contributed by atoms with E-state index in [1.807, 2.05) is 40.0 Å². The van der Waals surface area contributed by atoms with Crippen LogP contribution in [0.2, 0.25) is 5.02 Å². The molecule has 1 aliphatic carbocycles. The first-order chi connectivity index (χ1) is 8.77. The van der Waals surface area contributed by atoms with Gasteiger partial charge >= 0.3 is 0 Å². The summed E-state index contributed by atoms with van der Waals surface area (Å²) in [7, 11) is 0. The Bertz CT molecular complexity index is 498. The van der Waals surface area contributed by atoms with Crippen molar-refractivity contribution in [2.45, 2.75) is 53.4 Å². The third-order valence-corrected chi connectivity index (χ3v) is 3.30. The molecule has 1 heterocycles. The Kier molecular flexibility index (Phi) is 5.67. The first-order valence-corrected chi connectivity index (χ1v) is 7.27. The highest BCUT2D eigenvalue weighted by Gasteiger charge is 2.28. The fourth-order valence-electron chi connectivity index (χ4n) is 2.11. The maximum Gasteiger partial charge on any atom is 0.0668 e. The summed E-state index contributed by atoms with van der Waals surface area (Å²) in [5.41, 5.74) is 3.67. The molecule has 100 valence electrons. The van der Waals surface area contributed by atoms with Crippen molar-refractivity contribution in [3.63, 3.8) is 0 Å². The highest BCUT2D eigenvalue weighted by molar-refractivity contribution is 6.32. The standard InChI is InChI=1S/C11H11ClN2.2C2H6/c1-6-8-5-13-14-10(8)4-9(12)11(6)7-2-3-7;2*1-2/h4-5,7H,2-3H2,1H3,(H,13,14);2*1-2H3. The maximum absolute atomic E-state index is 6.25. The van der Waals surface area contributed by atoms with E-state index in [0.717, 1.165) is 10.5 Å². The SMILES string of the molecule is CC.CC.Cc1c(C2CC2)c(Cl)cc2[nH]ncc12. The van der Waals surface area contributed by atoms with Crippen LogP contribution in [0.5, 0.6) is 0 Å². The van der Waals surface area contributed by atoms with Crippen molar-refractivity contribution >= 4 is 22.5 Å². The molecule has 0 atom stereocenters. The van der Waals surface area contributed by atoms with Gasteiger partial charge in [0.25, 0.3) is 0 Å². The molecule has 1 aliphatic rings. The number of aromatic amines is 1. The van der Waals surface area contributed by atoms with Gasteiger partial charge in [-0.15, -0.1) is 0 Å².